The van der Waals surface area contributed by atoms with E-state index in [2.05, 4.69) is 11.9 Å². The van der Waals surface area contributed by atoms with E-state index in [-0.39, 0.29) is 12.5 Å². The van der Waals surface area contributed by atoms with Gasteiger partial charge in [0.1, 0.15) is 5.75 Å². The van der Waals surface area contributed by atoms with E-state index in [4.69, 9.17) is 19.6 Å². The Morgan fingerprint density at radius 1 is 1.05 bits per heavy atom. The van der Waals surface area contributed by atoms with Crippen LogP contribution in [0, 0.1) is 0 Å². The van der Waals surface area contributed by atoms with Gasteiger partial charge < -0.3 is 19.9 Å². The van der Waals surface area contributed by atoms with Crippen LogP contribution in [0.15, 0.2) is 109 Å². The Balaban J connectivity index is 1.70. The molecule has 4 rings (SSSR count). The van der Waals surface area contributed by atoms with Gasteiger partial charge in [-0.05, 0) is 35.4 Å². The highest BCUT2D eigenvalue weighted by atomic mass is 16.5. The molecular formula is C31H32N2O4. The van der Waals surface area contributed by atoms with Gasteiger partial charge in [0.15, 0.2) is 11.6 Å². The minimum Gasteiger partial charge on any atom is -0.494 e. The van der Waals surface area contributed by atoms with Crippen molar-refractivity contribution in [2.45, 2.75) is 24.5 Å². The van der Waals surface area contributed by atoms with Crippen molar-refractivity contribution in [3.8, 4) is 5.75 Å². The summed E-state index contributed by atoms with van der Waals surface area (Å²) >= 11 is 0. The molecule has 1 heterocycles. The van der Waals surface area contributed by atoms with E-state index in [1.807, 2.05) is 97.1 Å². The predicted molar refractivity (Wildman–Crippen MR) is 146 cm³/mol. The van der Waals surface area contributed by atoms with Gasteiger partial charge in [-0.1, -0.05) is 78.9 Å². The Kier molecular flexibility index (Phi) is 8.89. The molecule has 6 nitrogen and oxygen atoms in total. The van der Waals surface area contributed by atoms with Crippen molar-refractivity contribution >= 4 is 17.9 Å². The maximum absolute atomic E-state index is 13.7. The van der Waals surface area contributed by atoms with Crippen LogP contribution in [-0.2, 0) is 9.53 Å². The van der Waals surface area contributed by atoms with Crippen LogP contribution in [-0.4, -0.2) is 42.2 Å². The van der Waals surface area contributed by atoms with E-state index in [9.17, 15) is 4.79 Å². The molecule has 3 aromatic carbocycles. The number of nitrogens with one attached hydrogen (secondary N) is 1. The fourth-order valence-electron chi connectivity index (χ4n) is 4.20. The molecule has 0 radical (unpaired) electrons. The molecule has 1 amide bonds. The summed E-state index contributed by atoms with van der Waals surface area (Å²) in [6, 6.07) is 27.1. The van der Waals surface area contributed by atoms with E-state index in [0.29, 0.717) is 37.6 Å². The maximum atomic E-state index is 13.7. The van der Waals surface area contributed by atoms with Gasteiger partial charge in [0.2, 0.25) is 5.90 Å². The molecule has 6 heteroatoms. The molecule has 37 heavy (non-hydrogen) atoms. The van der Waals surface area contributed by atoms with Crippen LogP contribution in [0.25, 0.3) is 6.08 Å². The van der Waals surface area contributed by atoms with Crippen molar-refractivity contribution in [3.63, 3.8) is 0 Å². The van der Waals surface area contributed by atoms with Crippen LogP contribution in [0.1, 0.15) is 35.6 Å². The SMILES string of the molecule is C=CCNC(=O)[C@]1(C/C=C/c2ccccc2)N=C(c2ccc(OCCCO)cc2)O[C@@H]1c1ccccc1. The number of aliphatic hydroxyl groups is 1. The van der Waals surface area contributed by atoms with Gasteiger partial charge in [-0.2, -0.15) is 0 Å². The fraction of sp³-hybridized carbons (Fsp3) is 0.226. The molecule has 0 saturated heterocycles. The van der Waals surface area contributed by atoms with E-state index in [0.717, 1.165) is 16.7 Å². The summed E-state index contributed by atoms with van der Waals surface area (Å²) in [6.45, 7) is 4.58. The molecule has 0 fully saturated rings. The van der Waals surface area contributed by atoms with Crippen LogP contribution >= 0.6 is 0 Å². The Morgan fingerprint density at radius 2 is 1.76 bits per heavy atom. The van der Waals surface area contributed by atoms with Crippen molar-refractivity contribution in [2.75, 3.05) is 19.8 Å². The Labute approximate surface area is 218 Å². The number of benzene rings is 3. The molecule has 2 N–H and O–H groups in total. The third-order valence-electron chi connectivity index (χ3n) is 6.08. The Bertz CT molecular complexity index is 1220. The lowest BCUT2D eigenvalue weighted by molar-refractivity contribution is -0.128. The Hall–Kier alpha value is -4.16. The predicted octanol–water partition coefficient (Wildman–Crippen LogP) is 5.11. The number of hydrogen-bond donors (Lipinski definition) is 2. The van der Waals surface area contributed by atoms with Gasteiger partial charge in [-0.3, -0.25) is 4.79 Å². The molecule has 2 atom stereocenters. The average molecular weight is 497 g/mol. The summed E-state index contributed by atoms with van der Waals surface area (Å²) in [4.78, 5) is 18.7. The summed E-state index contributed by atoms with van der Waals surface area (Å²) in [5.41, 5.74) is 1.45. The van der Waals surface area contributed by atoms with E-state index >= 15 is 0 Å². The lowest BCUT2D eigenvalue weighted by Crippen LogP contribution is -2.48. The zero-order valence-electron chi connectivity index (χ0n) is 20.8. The topological polar surface area (TPSA) is 80.2 Å². The normalized spacial score (nSPS) is 18.7. The highest BCUT2D eigenvalue weighted by Gasteiger charge is 2.52. The second kappa shape index (κ2) is 12.7. The van der Waals surface area contributed by atoms with Crippen molar-refractivity contribution in [1.82, 2.24) is 5.32 Å². The fourth-order valence-corrected chi connectivity index (χ4v) is 4.20. The number of rotatable bonds is 12. The first-order valence-electron chi connectivity index (χ1n) is 12.4. The first-order valence-corrected chi connectivity index (χ1v) is 12.4. The van der Waals surface area contributed by atoms with Crippen molar-refractivity contribution in [1.29, 1.82) is 0 Å². The van der Waals surface area contributed by atoms with E-state index in [1.165, 1.54) is 0 Å². The van der Waals surface area contributed by atoms with Gasteiger partial charge in [0.25, 0.3) is 5.91 Å². The standard InChI is InChI=1S/C31H32N2O4/c1-2-21-32-30(35)31(20-9-13-24-11-5-3-6-12-24)28(25-14-7-4-8-15-25)37-29(33-31)26-16-18-27(19-17-26)36-23-10-22-34/h2-9,11-19,28,34H,1,10,20-23H2,(H,32,35)/b13-9+/t28-,31-/m1/s1. The van der Waals surface area contributed by atoms with Gasteiger partial charge in [0.05, 0.1) is 6.61 Å². The molecule has 0 spiro atoms. The number of hydrogen-bond acceptors (Lipinski definition) is 5. The monoisotopic (exact) mass is 496 g/mol. The summed E-state index contributed by atoms with van der Waals surface area (Å²) in [5, 5.41) is 11.9. The number of amides is 1. The van der Waals surface area contributed by atoms with Crippen LogP contribution in [0.5, 0.6) is 5.75 Å². The molecule has 190 valence electrons. The third kappa shape index (κ3) is 6.35. The number of ether oxygens (including phenoxy) is 2. The highest BCUT2D eigenvalue weighted by Crippen LogP contribution is 2.43. The molecule has 0 unspecified atom stereocenters. The van der Waals surface area contributed by atoms with Gasteiger partial charge in [0, 0.05) is 31.6 Å². The molecule has 0 saturated carbocycles. The second-order valence-corrected chi connectivity index (χ2v) is 8.72. The van der Waals surface area contributed by atoms with E-state index < -0.39 is 11.6 Å². The molecule has 3 aromatic rings. The van der Waals surface area contributed by atoms with Crippen LogP contribution in [0.2, 0.25) is 0 Å². The van der Waals surface area contributed by atoms with Crippen molar-refractivity contribution in [3.05, 3.63) is 120 Å². The van der Waals surface area contributed by atoms with E-state index in [1.54, 1.807) is 6.08 Å². The number of aliphatic hydroxyl groups excluding tert-OH is 1. The lowest BCUT2D eigenvalue weighted by atomic mass is 9.84. The smallest absolute Gasteiger partial charge is 0.252 e. The number of carbonyl (C=O) groups excluding carboxylic acids is 1. The van der Waals surface area contributed by atoms with Gasteiger partial charge in [-0.15, -0.1) is 6.58 Å². The lowest BCUT2D eigenvalue weighted by Gasteiger charge is -2.29. The van der Waals surface area contributed by atoms with Crippen LogP contribution < -0.4 is 10.1 Å². The largest absolute Gasteiger partial charge is 0.494 e. The van der Waals surface area contributed by atoms with Crippen LogP contribution in [0.3, 0.4) is 0 Å². The molecule has 1 aliphatic heterocycles. The van der Waals surface area contributed by atoms with Crippen molar-refractivity contribution < 1.29 is 19.4 Å². The zero-order valence-corrected chi connectivity index (χ0v) is 20.8. The third-order valence-corrected chi connectivity index (χ3v) is 6.08. The van der Waals surface area contributed by atoms with Crippen LogP contribution in [0.4, 0.5) is 0 Å². The average Bonchev–Trinajstić information content (AvgIpc) is 3.34. The molecule has 0 bridgehead atoms. The minimum atomic E-state index is -1.21. The molecule has 0 aliphatic carbocycles. The quantitative estimate of drug-likeness (QED) is 0.270. The number of carbonyl (C=O) groups is 1. The maximum Gasteiger partial charge on any atom is 0.252 e. The summed E-state index contributed by atoms with van der Waals surface area (Å²) < 4.78 is 12.1. The molecular weight excluding hydrogens is 464 g/mol. The summed E-state index contributed by atoms with van der Waals surface area (Å²) in [7, 11) is 0. The van der Waals surface area contributed by atoms with Gasteiger partial charge >= 0.3 is 0 Å². The molecule has 1 aliphatic rings. The minimum absolute atomic E-state index is 0.0817. The summed E-state index contributed by atoms with van der Waals surface area (Å²) in [6.07, 6.45) is 5.92. The summed E-state index contributed by atoms with van der Waals surface area (Å²) in [5.74, 6) is 0.867. The zero-order chi connectivity index (χ0) is 25.9. The first-order chi connectivity index (χ1) is 18.2. The second-order valence-electron chi connectivity index (χ2n) is 8.72. The number of nitrogens with zero attached hydrogens (tertiary/aromatic N) is 1. The molecule has 0 aromatic heterocycles. The Morgan fingerprint density at radius 3 is 2.43 bits per heavy atom. The van der Waals surface area contributed by atoms with Gasteiger partial charge in [-0.25, -0.2) is 4.99 Å². The first kappa shape index (κ1) is 25.9. The van der Waals surface area contributed by atoms with Crippen molar-refractivity contribution in [2.24, 2.45) is 4.99 Å². The highest BCUT2D eigenvalue weighted by molar-refractivity contribution is 6.01. The number of aliphatic imine (C=N–C) groups is 1.